The Morgan fingerprint density at radius 1 is 1.47 bits per heavy atom. The van der Waals surface area contributed by atoms with E-state index in [0.29, 0.717) is 19.9 Å². The van der Waals surface area contributed by atoms with Crippen molar-refractivity contribution in [1.82, 2.24) is 4.98 Å². The van der Waals surface area contributed by atoms with E-state index in [1.165, 1.54) is 11.3 Å². The Balaban J connectivity index is 2.51. The first-order valence-electron chi connectivity index (χ1n) is 4.07. The third kappa shape index (κ3) is 2.12. The van der Waals surface area contributed by atoms with E-state index in [1.807, 2.05) is 0 Å². The molecule has 15 heavy (non-hydrogen) atoms. The minimum Gasteiger partial charge on any atom is -0.288 e. The molecule has 5 heteroatoms. The van der Waals surface area contributed by atoms with Crippen LogP contribution in [-0.4, -0.2) is 10.8 Å². The van der Waals surface area contributed by atoms with Crippen LogP contribution in [0.3, 0.4) is 0 Å². The molecule has 0 aliphatic heterocycles. The maximum absolute atomic E-state index is 12.0. The summed E-state index contributed by atoms with van der Waals surface area (Å²) < 4.78 is 0.702. The fourth-order valence-corrected chi connectivity index (χ4v) is 2.65. The monoisotopic (exact) mass is 301 g/mol. The Labute approximate surface area is 104 Å². The Hall–Kier alpha value is -0.710. The van der Waals surface area contributed by atoms with Crippen molar-refractivity contribution in [3.63, 3.8) is 0 Å². The number of carbonyl (C=O) groups is 1. The van der Waals surface area contributed by atoms with Crippen molar-refractivity contribution in [2.24, 2.45) is 0 Å². The van der Waals surface area contributed by atoms with Gasteiger partial charge in [-0.2, -0.15) is 0 Å². The van der Waals surface area contributed by atoms with E-state index in [0.717, 1.165) is 0 Å². The molecule has 76 valence electrons. The van der Waals surface area contributed by atoms with Crippen molar-refractivity contribution in [3.8, 4) is 0 Å². The first kappa shape index (κ1) is 10.8. The van der Waals surface area contributed by atoms with Gasteiger partial charge in [-0.1, -0.05) is 17.7 Å². The number of halogens is 2. The summed E-state index contributed by atoms with van der Waals surface area (Å²) in [5, 5.41) is 0.447. The zero-order chi connectivity index (χ0) is 10.8. The predicted molar refractivity (Wildman–Crippen MR) is 64.7 cm³/mol. The van der Waals surface area contributed by atoms with E-state index >= 15 is 0 Å². The minimum absolute atomic E-state index is 0.102. The number of aromatic nitrogens is 1. The second kappa shape index (κ2) is 4.43. The molecule has 0 N–H and O–H groups in total. The molecule has 1 heterocycles. The van der Waals surface area contributed by atoms with Gasteiger partial charge in [0.25, 0.3) is 0 Å². The molecule has 0 fully saturated rings. The van der Waals surface area contributed by atoms with Gasteiger partial charge in [-0.25, -0.2) is 0 Å². The van der Waals surface area contributed by atoms with Crippen LogP contribution >= 0.6 is 38.9 Å². The number of hydrogen-bond acceptors (Lipinski definition) is 3. The number of thiazole rings is 1. The van der Waals surface area contributed by atoms with E-state index in [2.05, 4.69) is 20.9 Å². The Bertz CT molecular complexity index is 478. The Kier molecular flexibility index (Phi) is 3.19. The normalized spacial score (nSPS) is 10.3. The van der Waals surface area contributed by atoms with Gasteiger partial charge >= 0.3 is 0 Å². The number of rotatable bonds is 2. The predicted octanol–water partition coefficient (Wildman–Crippen LogP) is 3.79. The van der Waals surface area contributed by atoms with Crippen LogP contribution in [0.25, 0.3) is 0 Å². The lowest BCUT2D eigenvalue weighted by Crippen LogP contribution is -2.00. The molecule has 1 aromatic heterocycles. The molecular weight excluding hydrogens is 298 g/mol. The zero-order valence-electron chi connectivity index (χ0n) is 7.41. The van der Waals surface area contributed by atoms with Gasteiger partial charge in [0.05, 0.1) is 21.0 Å². The quantitative estimate of drug-likeness (QED) is 0.790. The van der Waals surface area contributed by atoms with Crippen LogP contribution in [0.4, 0.5) is 0 Å². The van der Waals surface area contributed by atoms with Crippen molar-refractivity contribution in [2.75, 3.05) is 0 Å². The number of ketones is 1. The topological polar surface area (TPSA) is 30.0 Å². The molecule has 0 radical (unpaired) electrons. The molecule has 2 aromatic rings. The van der Waals surface area contributed by atoms with E-state index in [9.17, 15) is 4.79 Å². The fourth-order valence-electron chi connectivity index (χ4n) is 1.17. The average molecular weight is 303 g/mol. The van der Waals surface area contributed by atoms with Crippen LogP contribution in [0.1, 0.15) is 15.2 Å². The summed E-state index contributed by atoms with van der Waals surface area (Å²) in [6.07, 6.45) is 1.54. The van der Waals surface area contributed by atoms with Gasteiger partial charge < -0.3 is 0 Å². The van der Waals surface area contributed by atoms with Gasteiger partial charge in [-0.05, 0) is 28.1 Å². The fraction of sp³-hybridized carbons (Fsp3) is 0. The third-order valence-corrected chi connectivity index (χ3v) is 3.59. The molecule has 2 rings (SSSR count). The summed E-state index contributed by atoms with van der Waals surface area (Å²) in [6.45, 7) is 0. The van der Waals surface area contributed by atoms with E-state index in [4.69, 9.17) is 11.6 Å². The van der Waals surface area contributed by atoms with Gasteiger partial charge in [-0.3, -0.25) is 9.78 Å². The molecule has 0 bridgehead atoms. The minimum atomic E-state index is -0.102. The molecule has 0 saturated heterocycles. The van der Waals surface area contributed by atoms with E-state index in [-0.39, 0.29) is 5.78 Å². The number of carbonyl (C=O) groups excluding carboxylic acids is 1. The van der Waals surface area contributed by atoms with Gasteiger partial charge in [0.2, 0.25) is 5.78 Å². The van der Waals surface area contributed by atoms with Crippen LogP contribution in [0.2, 0.25) is 5.02 Å². The lowest BCUT2D eigenvalue weighted by molar-refractivity contribution is 0.104. The number of hydrogen-bond donors (Lipinski definition) is 0. The highest BCUT2D eigenvalue weighted by Crippen LogP contribution is 2.27. The molecule has 0 amide bonds. The van der Waals surface area contributed by atoms with Crippen molar-refractivity contribution in [2.45, 2.75) is 0 Å². The third-order valence-electron chi connectivity index (χ3n) is 1.85. The standard InChI is InChI=1S/C10H5BrClNOS/c11-6-2-1-3-7(12)9(6)10(14)8-4-13-5-15-8/h1-5H. The highest BCUT2D eigenvalue weighted by atomic mass is 79.9. The summed E-state index contributed by atoms with van der Waals surface area (Å²) >= 11 is 10.6. The lowest BCUT2D eigenvalue weighted by Gasteiger charge is -2.03. The lowest BCUT2D eigenvalue weighted by atomic mass is 10.1. The highest BCUT2D eigenvalue weighted by molar-refractivity contribution is 9.10. The Morgan fingerprint density at radius 2 is 2.27 bits per heavy atom. The van der Waals surface area contributed by atoms with Crippen LogP contribution in [0.15, 0.2) is 34.4 Å². The molecule has 0 aliphatic carbocycles. The Morgan fingerprint density at radius 3 is 2.87 bits per heavy atom. The second-order valence-electron chi connectivity index (χ2n) is 2.79. The van der Waals surface area contributed by atoms with Crippen LogP contribution < -0.4 is 0 Å². The smallest absolute Gasteiger partial charge is 0.207 e. The molecule has 0 unspecified atom stereocenters. The van der Waals surface area contributed by atoms with E-state index in [1.54, 1.807) is 29.9 Å². The molecular formula is C10H5BrClNOS. The SMILES string of the molecule is O=C(c1cncs1)c1c(Cl)cccc1Br. The highest BCUT2D eigenvalue weighted by Gasteiger charge is 2.16. The number of nitrogens with zero attached hydrogens (tertiary/aromatic N) is 1. The van der Waals surface area contributed by atoms with Crippen LogP contribution in [0, 0.1) is 0 Å². The molecule has 0 aliphatic rings. The summed E-state index contributed by atoms with van der Waals surface area (Å²) in [6, 6.07) is 5.27. The van der Waals surface area contributed by atoms with Crippen molar-refractivity contribution in [1.29, 1.82) is 0 Å². The van der Waals surface area contributed by atoms with Crippen molar-refractivity contribution >= 4 is 44.7 Å². The van der Waals surface area contributed by atoms with Crippen LogP contribution in [-0.2, 0) is 0 Å². The molecule has 1 aromatic carbocycles. The maximum Gasteiger partial charge on any atom is 0.207 e. The van der Waals surface area contributed by atoms with Gasteiger partial charge in [0.15, 0.2) is 0 Å². The molecule has 0 spiro atoms. The summed E-state index contributed by atoms with van der Waals surface area (Å²) in [7, 11) is 0. The maximum atomic E-state index is 12.0. The molecule has 2 nitrogen and oxygen atoms in total. The first-order chi connectivity index (χ1) is 7.20. The first-order valence-corrected chi connectivity index (χ1v) is 6.12. The molecule has 0 atom stereocenters. The van der Waals surface area contributed by atoms with Crippen LogP contribution in [0.5, 0.6) is 0 Å². The summed E-state index contributed by atoms with van der Waals surface area (Å²) in [4.78, 5) is 16.5. The van der Waals surface area contributed by atoms with E-state index < -0.39 is 0 Å². The van der Waals surface area contributed by atoms with Crippen molar-refractivity contribution in [3.05, 3.63) is 49.8 Å². The van der Waals surface area contributed by atoms with Gasteiger partial charge in [-0.15, -0.1) is 11.3 Å². The molecule has 0 saturated carbocycles. The van der Waals surface area contributed by atoms with Crippen molar-refractivity contribution < 1.29 is 4.79 Å². The van der Waals surface area contributed by atoms with Gasteiger partial charge in [0, 0.05) is 10.7 Å². The van der Waals surface area contributed by atoms with Gasteiger partial charge in [0.1, 0.15) is 0 Å². The largest absolute Gasteiger partial charge is 0.288 e. The number of benzene rings is 1. The zero-order valence-corrected chi connectivity index (χ0v) is 10.6. The second-order valence-corrected chi connectivity index (χ2v) is 4.94. The average Bonchev–Trinajstić information content (AvgIpc) is 2.69. The summed E-state index contributed by atoms with van der Waals surface area (Å²) in [5.74, 6) is -0.102. The summed E-state index contributed by atoms with van der Waals surface area (Å²) in [5.41, 5.74) is 2.11.